The molecule has 0 saturated carbocycles. The minimum absolute atomic E-state index is 0.0950. The Kier molecular flexibility index (Phi) is 7.15. The molecule has 0 aromatic rings. The van der Waals surface area contributed by atoms with Crippen LogP contribution < -0.4 is 0 Å². The largest absolute Gasteiger partial charge is 0.391 e. The fourth-order valence-corrected chi connectivity index (χ4v) is 1.10. The maximum atomic E-state index is 9.61. The minimum atomic E-state index is -0.648. The molecular formula is C12H26O4. The molecule has 0 rings (SSSR count). The maximum Gasteiger partial charge on any atom is 0.0799 e. The summed E-state index contributed by atoms with van der Waals surface area (Å²) in [4.78, 5) is 0. The van der Waals surface area contributed by atoms with Crippen molar-refractivity contribution in [1.29, 1.82) is 0 Å². The topological polar surface area (TPSA) is 58.9 Å². The standard InChI is InChI=1S/C12H26O4/c1-9(2)15-7-10(13)6-11(14)8-16-12(3,4)5/h9-11,13-14H,6-8H2,1-5H3. The first-order valence-corrected chi connectivity index (χ1v) is 5.82. The second-order valence-corrected chi connectivity index (χ2v) is 5.35. The van der Waals surface area contributed by atoms with Crippen LogP contribution in [-0.4, -0.2) is 47.3 Å². The molecular weight excluding hydrogens is 208 g/mol. The van der Waals surface area contributed by atoms with E-state index in [9.17, 15) is 10.2 Å². The summed E-state index contributed by atoms with van der Waals surface area (Å²) in [5, 5.41) is 19.2. The number of hydrogen-bond donors (Lipinski definition) is 2. The van der Waals surface area contributed by atoms with Crippen LogP contribution in [0.25, 0.3) is 0 Å². The first-order valence-electron chi connectivity index (χ1n) is 5.82. The lowest BCUT2D eigenvalue weighted by atomic mass is 10.1. The van der Waals surface area contributed by atoms with Gasteiger partial charge in [0, 0.05) is 6.42 Å². The fourth-order valence-electron chi connectivity index (χ4n) is 1.10. The SMILES string of the molecule is CC(C)OCC(O)CC(O)COC(C)(C)C. The van der Waals surface area contributed by atoms with Gasteiger partial charge in [-0.2, -0.15) is 0 Å². The van der Waals surface area contributed by atoms with E-state index in [1.807, 2.05) is 34.6 Å². The van der Waals surface area contributed by atoms with Gasteiger partial charge in [-0.05, 0) is 34.6 Å². The average Bonchev–Trinajstić information content (AvgIpc) is 2.10. The highest BCUT2D eigenvalue weighted by Gasteiger charge is 2.16. The quantitative estimate of drug-likeness (QED) is 0.698. The van der Waals surface area contributed by atoms with E-state index in [1.165, 1.54) is 0 Å². The van der Waals surface area contributed by atoms with Crippen molar-refractivity contribution in [2.45, 2.75) is 65.0 Å². The van der Waals surface area contributed by atoms with Crippen LogP contribution in [-0.2, 0) is 9.47 Å². The fraction of sp³-hybridized carbons (Fsp3) is 1.00. The van der Waals surface area contributed by atoms with Crippen molar-refractivity contribution in [1.82, 2.24) is 0 Å². The summed E-state index contributed by atoms with van der Waals surface area (Å²) in [7, 11) is 0. The van der Waals surface area contributed by atoms with E-state index in [0.717, 1.165) is 0 Å². The first-order chi connectivity index (χ1) is 7.20. The zero-order valence-electron chi connectivity index (χ0n) is 11.1. The Morgan fingerprint density at radius 2 is 1.50 bits per heavy atom. The maximum absolute atomic E-state index is 9.61. The number of ether oxygens (including phenoxy) is 2. The van der Waals surface area contributed by atoms with Gasteiger partial charge < -0.3 is 19.7 Å². The molecule has 0 heterocycles. The minimum Gasteiger partial charge on any atom is -0.391 e. The van der Waals surface area contributed by atoms with Crippen molar-refractivity contribution in [3.63, 3.8) is 0 Å². The normalized spacial score (nSPS) is 16.5. The molecule has 0 saturated heterocycles. The molecule has 0 aromatic carbocycles. The summed E-state index contributed by atoms with van der Waals surface area (Å²) >= 11 is 0. The smallest absolute Gasteiger partial charge is 0.0799 e. The van der Waals surface area contributed by atoms with Crippen LogP contribution in [0.1, 0.15) is 41.0 Å². The third-order valence-corrected chi connectivity index (χ3v) is 1.87. The van der Waals surface area contributed by atoms with Crippen LogP contribution in [0, 0.1) is 0 Å². The summed E-state index contributed by atoms with van der Waals surface area (Å²) in [5.74, 6) is 0. The Balaban J connectivity index is 3.66. The Labute approximate surface area is 98.6 Å². The highest BCUT2D eigenvalue weighted by molar-refractivity contribution is 4.66. The predicted molar refractivity (Wildman–Crippen MR) is 63.4 cm³/mol. The van der Waals surface area contributed by atoms with Gasteiger partial charge >= 0.3 is 0 Å². The molecule has 0 radical (unpaired) electrons. The van der Waals surface area contributed by atoms with E-state index in [0.29, 0.717) is 0 Å². The molecule has 0 amide bonds. The van der Waals surface area contributed by atoms with Crippen LogP contribution >= 0.6 is 0 Å². The van der Waals surface area contributed by atoms with Gasteiger partial charge in [-0.3, -0.25) is 0 Å². The Hall–Kier alpha value is -0.160. The Morgan fingerprint density at radius 1 is 1.00 bits per heavy atom. The monoisotopic (exact) mass is 234 g/mol. The summed E-state index contributed by atoms with van der Waals surface area (Å²) < 4.78 is 10.7. The van der Waals surface area contributed by atoms with Crippen LogP contribution in [0.4, 0.5) is 0 Å². The molecule has 0 aliphatic heterocycles. The zero-order chi connectivity index (χ0) is 12.8. The van der Waals surface area contributed by atoms with Crippen LogP contribution in [0.2, 0.25) is 0 Å². The summed E-state index contributed by atoms with van der Waals surface area (Å²) in [6.07, 6.45) is -0.911. The third-order valence-electron chi connectivity index (χ3n) is 1.87. The van der Waals surface area contributed by atoms with Gasteiger partial charge in [0.1, 0.15) is 0 Å². The lowest BCUT2D eigenvalue weighted by Gasteiger charge is -2.23. The number of aliphatic hydroxyl groups is 2. The van der Waals surface area contributed by atoms with Crippen LogP contribution in [0.15, 0.2) is 0 Å². The van der Waals surface area contributed by atoms with Gasteiger partial charge in [-0.1, -0.05) is 0 Å². The average molecular weight is 234 g/mol. The van der Waals surface area contributed by atoms with Gasteiger partial charge in [-0.15, -0.1) is 0 Å². The molecule has 4 heteroatoms. The predicted octanol–water partition coefficient (Wildman–Crippen LogP) is 1.34. The van der Waals surface area contributed by atoms with Gasteiger partial charge in [0.25, 0.3) is 0 Å². The molecule has 2 unspecified atom stereocenters. The molecule has 2 N–H and O–H groups in total. The Bertz CT molecular complexity index is 174. The number of hydrogen-bond acceptors (Lipinski definition) is 4. The number of aliphatic hydroxyl groups excluding tert-OH is 2. The highest BCUT2D eigenvalue weighted by atomic mass is 16.5. The number of rotatable bonds is 7. The van der Waals surface area contributed by atoms with Crippen molar-refractivity contribution in [2.24, 2.45) is 0 Å². The van der Waals surface area contributed by atoms with Crippen LogP contribution in [0.5, 0.6) is 0 Å². The summed E-state index contributed by atoms with van der Waals surface area (Å²) in [6.45, 7) is 10.1. The van der Waals surface area contributed by atoms with Crippen LogP contribution in [0.3, 0.4) is 0 Å². The molecule has 4 nitrogen and oxygen atoms in total. The van der Waals surface area contributed by atoms with E-state index >= 15 is 0 Å². The summed E-state index contributed by atoms with van der Waals surface area (Å²) in [5.41, 5.74) is -0.264. The van der Waals surface area contributed by atoms with Crippen molar-refractivity contribution in [3.8, 4) is 0 Å². The van der Waals surface area contributed by atoms with Gasteiger partial charge in [0.2, 0.25) is 0 Å². The molecule has 0 aliphatic carbocycles. The Morgan fingerprint density at radius 3 is 1.94 bits per heavy atom. The van der Waals surface area contributed by atoms with E-state index in [4.69, 9.17) is 9.47 Å². The molecule has 0 aliphatic rings. The van der Waals surface area contributed by atoms with Gasteiger partial charge in [-0.25, -0.2) is 0 Å². The lowest BCUT2D eigenvalue weighted by molar-refractivity contribution is -0.0699. The molecule has 98 valence electrons. The molecule has 2 atom stereocenters. The van der Waals surface area contributed by atoms with Crippen molar-refractivity contribution in [3.05, 3.63) is 0 Å². The second kappa shape index (κ2) is 7.22. The van der Waals surface area contributed by atoms with E-state index < -0.39 is 12.2 Å². The van der Waals surface area contributed by atoms with E-state index in [-0.39, 0.29) is 31.3 Å². The van der Waals surface area contributed by atoms with Gasteiger partial charge in [0.05, 0.1) is 37.1 Å². The molecule has 0 bridgehead atoms. The first kappa shape index (κ1) is 15.8. The van der Waals surface area contributed by atoms with Crippen molar-refractivity contribution >= 4 is 0 Å². The van der Waals surface area contributed by atoms with Crippen molar-refractivity contribution < 1.29 is 19.7 Å². The molecule has 0 spiro atoms. The van der Waals surface area contributed by atoms with Gasteiger partial charge in [0.15, 0.2) is 0 Å². The molecule has 0 aromatic heterocycles. The second-order valence-electron chi connectivity index (χ2n) is 5.35. The molecule has 16 heavy (non-hydrogen) atoms. The zero-order valence-corrected chi connectivity index (χ0v) is 11.1. The summed E-state index contributed by atoms with van der Waals surface area (Å²) in [6, 6.07) is 0. The van der Waals surface area contributed by atoms with E-state index in [2.05, 4.69) is 0 Å². The molecule has 0 fully saturated rings. The van der Waals surface area contributed by atoms with E-state index in [1.54, 1.807) is 0 Å². The highest BCUT2D eigenvalue weighted by Crippen LogP contribution is 2.09. The third kappa shape index (κ3) is 10.4. The van der Waals surface area contributed by atoms with Crippen molar-refractivity contribution in [2.75, 3.05) is 13.2 Å². The lowest BCUT2D eigenvalue weighted by Crippen LogP contribution is -2.30.